The Balaban J connectivity index is 1.29. The summed E-state index contributed by atoms with van der Waals surface area (Å²) in [6, 6.07) is 7.78. The van der Waals surface area contributed by atoms with Crippen LogP contribution in [-0.2, 0) is 16.1 Å². The lowest BCUT2D eigenvalue weighted by atomic mass is 9.93. The molecule has 11 heteroatoms. The third kappa shape index (κ3) is 6.25. The Kier molecular flexibility index (Phi) is 8.29. The molecule has 1 aliphatic carbocycles. The maximum atomic E-state index is 12.8. The molecule has 212 valence electrons. The van der Waals surface area contributed by atoms with Gasteiger partial charge in [0.05, 0.1) is 18.2 Å². The van der Waals surface area contributed by atoms with Crippen molar-refractivity contribution < 1.29 is 14.7 Å². The number of anilines is 3. The lowest BCUT2D eigenvalue weighted by Crippen LogP contribution is -2.30. The summed E-state index contributed by atoms with van der Waals surface area (Å²) in [6.07, 6.45) is 6.89. The number of hydrogen-bond acceptors (Lipinski definition) is 8. The van der Waals surface area contributed by atoms with Crippen LogP contribution in [0, 0.1) is 5.92 Å². The van der Waals surface area contributed by atoms with Crippen LogP contribution in [0.2, 0.25) is 0 Å². The molecule has 2 amide bonds. The van der Waals surface area contributed by atoms with Gasteiger partial charge in [0.1, 0.15) is 0 Å². The van der Waals surface area contributed by atoms with Crippen molar-refractivity contribution >= 4 is 35.0 Å². The molecule has 3 unspecified atom stereocenters. The molecule has 3 aromatic rings. The van der Waals surface area contributed by atoms with Crippen LogP contribution in [0.15, 0.2) is 43.1 Å². The van der Waals surface area contributed by atoms with Gasteiger partial charge in [-0.1, -0.05) is 32.6 Å². The maximum Gasteiger partial charge on any atom is 0.245 e. The monoisotopic (exact) mass is 546 g/mol. The second-order valence-corrected chi connectivity index (χ2v) is 11.0. The molecule has 3 heterocycles. The first-order valence-corrected chi connectivity index (χ1v) is 14.1. The van der Waals surface area contributed by atoms with Crippen molar-refractivity contribution in [3.05, 3.63) is 54.2 Å². The van der Waals surface area contributed by atoms with Gasteiger partial charge in [0, 0.05) is 36.9 Å². The van der Waals surface area contributed by atoms with E-state index in [4.69, 9.17) is 9.97 Å². The van der Waals surface area contributed by atoms with Gasteiger partial charge in [0.15, 0.2) is 5.65 Å². The van der Waals surface area contributed by atoms with E-state index in [1.165, 1.54) is 6.08 Å². The predicted octanol–water partition coefficient (Wildman–Crippen LogP) is 3.55. The van der Waals surface area contributed by atoms with Crippen LogP contribution in [0.1, 0.15) is 63.0 Å². The summed E-state index contributed by atoms with van der Waals surface area (Å²) in [7, 11) is 0. The number of carbonyl (C=O) groups excluding carboxylic acids is 2. The fourth-order valence-electron chi connectivity index (χ4n) is 5.45. The average molecular weight is 547 g/mol. The number of nitrogens with one attached hydrogen (secondary N) is 3. The van der Waals surface area contributed by atoms with E-state index < -0.39 is 0 Å². The Morgan fingerprint density at radius 2 is 2.08 bits per heavy atom. The van der Waals surface area contributed by atoms with Crippen molar-refractivity contribution in [1.29, 1.82) is 0 Å². The van der Waals surface area contributed by atoms with Gasteiger partial charge in [-0.05, 0) is 61.8 Å². The summed E-state index contributed by atoms with van der Waals surface area (Å²) in [5.41, 5.74) is 3.43. The summed E-state index contributed by atoms with van der Waals surface area (Å²) in [4.78, 5) is 35.9. The van der Waals surface area contributed by atoms with Gasteiger partial charge < -0.3 is 26.0 Å². The summed E-state index contributed by atoms with van der Waals surface area (Å²) >= 11 is 0. The minimum absolute atomic E-state index is 0.0942. The van der Waals surface area contributed by atoms with Crippen LogP contribution < -0.4 is 16.0 Å². The van der Waals surface area contributed by atoms with E-state index in [0.29, 0.717) is 50.1 Å². The van der Waals surface area contributed by atoms with Crippen LogP contribution in [-0.4, -0.2) is 66.6 Å². The van der Waals surface area contributed by atoms with Gasteiger partial charge in [0.2, 0.25) is 23.7 Å². The van der Waals surface area contributed by atoms with Crippen LogP contribution >= 0.6 is 0 Å². The molecule has 1 saturated carbocycles. The zero-order valence-corrected chi connectivity index (χ0v) is 23.1. The highest BCUT2D eigenvalue weighted by Gasteiger charge is 2.30. The quantitative estimate of drug-likeness (QED) is 0.299. The topological polar surface area (TPSA) is 137 Å². The third-order valence-corrected chi connectivity index (χ3v) is 7.69. The van der Waals surface area contributed by atoms with E-state index in [-0.39, 0.29) is 35.8 Å². The van der Waals surface area contributed by atoms with E-state index in [1.54, 1.807) is 9.42 Å². The first-order chi connectivity index (χ1) is 19.3. The Labute approximate surface area is 234 Å². The summed E-state index contributed by atoms with van der Waals surface area (Å²) < 4.78 is 1.72. The van der Waals surface area contributed by atoms with Crippen molar-refractivity contribution in [2.24, 2.45) is 5.92 Å². The molecular formula is C29H38N8O3. The molecule has 1 aliphatic heterocycles. The Bertz CT molecular complexity index is 1390. The van der Waals surface area contributed by atoms with E-state index >= 15 is 0 Å². The molecule has 40 heavy (non-hydrogen) atoms. The lowest BCUT2D eigenvalue weighted by Gasteiger charge is -2.26. The molecule has 0 spiro atoms. The Morgan fingerprint density at radius 3 is 2.85 bits per heavy atom. The number of aliphatic hydroxyl groups excluding tert-OH is 1. The molecule has 1 saturated heterocycles. The number of hydrogen-bond donors (Lipinski definition) is 4. The van der Waals surface area contributed by atoms with Gasteiger partial charge in [-0.2, -0.15) is 19.6 Å². The summed E-state index contributed by atoms with van der Waals surface area (Å²) in [6.45, 7) is 9.16. The van der Waals surface area contributed by atoms with Crippen molar-refractivity contribution in [2.75, 3.05) is 29.0 Å². The van der Waals surface area contributed by atoms with Gasteiger partial charge >= 0.3 is 0 Å². The smallest absolute Gasteiger partial charge is 0.245 e. The first-order valence-electron chi connectivity index (χ1n) is 14.1. The van der Waals surface area contributed by atoms with Crippen LogP contribution in [0.3, 0.4) is 0 Å². The maximum absolute atomic E-state index is 12.8. The normalized spacial score (nSPS) is 21.0. The average Bonchev–Trinajstić information content (AvgIpc) is 3.60. The lowest BCUT2D eigenvalue weighted by molar-refractivity contribution is -0.125. The minimum atomic E-state index is -0.302. The molecule has 2 fully saturated rings. The zero-order valence-electron chi connectivity index (χ0n) is 23.1. The van der Waals surface area contributed by atoms with Crippen molar-refractivity contribution in [3.63, 3.8) is 0 Å². The standard InChI is InChI=1S/C29H38N8O3/c1-4-25(39)36-12-11-20(17-36)27(40)32-21-8-5-7-19(13-21)15-30-29-35-28(33-22-9-6-10-23(38)14-22)34-26-24(18(2)3)16-31-37(26)29/h4-5,7-8,13,16,18,20,22-23,38H,1,6,9-12,14-15,17H2,2-3H3,(H,32,40)(H2,30,33,34,35). The second-order valence-electron chi connectivity index (χ2n) is 11.0. The number of fused-ring (bicyclic) bond motifs is 1. The van der Waals surface area contributed by atoms with E-state index in [0.717, 1.165) is 36.0 Å². The number of likely N-dealkylation sites (tertiary alicyclic amines) is 1. The molecule has 2 aliphatic rings. The van der Waals surface area contributed by atoms with Crippen LogP contribution in [0.5, 0.6) is 0 Å². The van der Waals surface area contributed by atoms with E-state index in [1.807, 2.05) is 30.5 Å². The molecule has 2 aromatic heterocycles. The highest BCUT2D eigenvalue weighted by atomic mass is 16.3. The van der Waals surface area contributed by atoms with Gasteiger partial charge in [-0.3, -0.25) is 9.59 Å². The highest BCUT2D eigenvalue weighted by Crippen LogP contribution is 2.25. The predicted molar refractivity (Wildman–Crippen MR) is 154 cm³/mol. The number of benzene rings is 1. The number of carbonyl (C=O) groups is 2. The third-order valence-electron chi connectivity index (χ3n) is 7.69. The zero-order chi connectivity index (χ0) is 28.2. The number of rotatable bonds is 9. The SMILES string of the molecule is C=CC(=O)N1CCC(C(=O)Nc2cccc(CNc3nc(NC4CCCC(O)C4)nc4c(C(C)C)cnn34)c2)C1. The van der Waals surface area contributed by atoms with E-state index in [9.17, 15) is 14.7 Å². The van der Waals surface area contributed by atoms with Crippen LogP contribution in [0.25, 0.3) is 5.65 Å². The van der Waals surface area contributed by atoms with Gasteiger partial charge in [-0.15, -0.1) is 0 Å². The van der Waals surface area contributed by atoms with E-state index in [2.05, 4.69) is 41.5 Å². The number of aliphatic hydroxyl groups is 1. The van der Waals surface area contributed by atoms with Crippen molar-refractivity contribution in [1.82, 2.24) is 24.5 Å². The molecule has 3 atom stereocenters. The minimum Gasteiger partial charge on any atom is -0.393 e. The molecule has 0 bridgehead atoms. The first kappa shape index (κ1) is 27.6. The second kappa shape index (κ2) is 12.0. The fourth-order valence-corrected chi connectivity index (χ4v) is 5.45. The molecule has 4 N–H and O–H groups in total. The Hall–Kier alpha value is -3.99. The van der Waals surface area contributed by atoms with Gasteiger partial charge in [0.25, 0.3) is 0 Å². The van der Waals surface area contributed by atoms with Gasteiger partial charge in [-0.25, -0.2) is 0 Å². The van der Waals surface area contributed by atoms with Crippen molar-refractivity contribution in [3.8, 4) is 0 Å². The highest BCUT2D eigenvalue weighted by molar-refractivity contribution is 5.94. The number of amides is 2. The number of nitrogens with zero attached hydrogens (tertiary/aromatic N) is 5. The fraction of sp³-hybridized carbons (Fsp3) is 0.483. The van der Waals surface area contributed by atoms with Crippen molar-refractivity contribution in [2.45, 2.75) is 70.6 Å². The molecule has 0 radical (unpaired) electrons. The largest absolute Gasteiger partial charge is 0.393 e. The summed E-state index contributed by atoms with van der Waals surface area (Å²) in [5, 5.41) is 24.5. The number of aromatic nitrogens is 4. The molecular weight excluding hydrogens is 508 g/mol. The molecule has 11 nitrogen and oxygen atoms in total. The Morgan fingerprint density at radius 1 is 1.23 bits per heavy atom. The molecule has 1 aromatic carbocycles. The summed E-state index contributed by atoms with van der Waals surface area (Å²) in [5.74, 6) is 0.831. The molecule has 5 rings (SSSR count). The van der Waals surface area contributed by atoms with Crippen LogP contribution in [0.4, 0.5) is 17.6 Å².